The molecule has 0 saturated carbocycles. The van der Waals surface area contributed by atoms with Crippen molar-refractivity contribution >= 4 is 11.6 Å². The van der Waals surface area contributed by atoms with E-state index in [9.17, 15) is 9.59 Å². The van der Waals surface area contributed by atoms with Gasteiger partial charge in [0.05, 0.1) is 5.41 Å². The third kappa shape index (κ3) is 9.33. The van der Waals surface area contributed by atoms with Crippen molar-refractivity contribution in [3.05, 3.63) is 0 Å². The Hall–Kier alpha value is -0.226. The van der Waals surface area contributed by atoms with Crippen LogP contribution >= 0.6 is 0 Å². The fraction of sp³-hybridized carbons (Fsp3) is 0.846. The van der Waals surface area contributed by atoms with Crippen molar-refractivity contribution in [1.82, 2.24) is 0 Å². The molecule has 0 atom stereocenters. The molecule has 0 aromatic heterocycles. The molecule has 0 aromatic carbocycles. The maximum atomic E-state index is 11.7. The van der Waals surface area contributed by atoms with Gasteiger partial charge < -0.3 is 0 Å². The van der Waals surface area contributed by atoms with Crippen LogP contribution in [0.2, 0.25) is 0 Å². The van der Waals surface area contributed by atoms with E-state index in [0.29, 0.717) is 0 Å². The van der Waals surface area contributed by atoms with Gasteiger partial charge in [0, 0.05) is 0 Å². The van der Waals surface area contributed by atoms with Crippen LogP contribution in [0.25, 0.3) is 0 Å². The first-order chi connectivity index (χ1) is 8.74. The van der Waals surface area contributed by atoms with E-state index in [2.05, 4.69) is 13.8 Å². The SMILES string of the molecule is CCCCC(CCCC)(C(C)=O)C(C)=O.[O]=[Ti]([OH])[OH]. The van der Waals surface area contributed by atoms with E-state index < -0.39 is 24.0 Å². The second kappa shape index (κ2) is 11.6. The first-order valence-corrected chi connectivity index (χ1v) is 8.72. The molecule has 0 saturated heterocycles. The van der Waals surface area contributed by atoms with Gasteiger partial charge in [-0.15, -0.1) is 0 Å². The normalized spacial score (nSPS) is 10.4. The van der Waals surface area contributed by atoms with Gasteiger partial charge in [-0.2, -0.15) is 0 Å². The van der Waals surface area contributed by atoms with Crippen molar-refractivity contribution in [2.45, 2.75) is 66.2 Å². The van der Waals surface area contributed by atoms with Gasteiger partial charge in [-0.05, 0) is 26.7 Å². The molecule has 0 heterocycles. The molecular weight excluding hydrogens is 284 g/mol. The number of hydrogen-bond donors (Lipinski definition) is 2. The van der Waals surface area contributed by atoms with Crippen LogP contribution in [0.1, 0.15) is 66.2 Å². The molecule has 0 aromatic rings. The fourth-order valence-electron chi connectivity index (χ4n) is 2.03. The van der Waals surface area contributed by atoms with Crippen molar-refractivity contribution < 1.29 is 38.9 Å². The summed E-state index contributed by atoms with van der Waals surface area (Å²) in [5, 5.41) is 0. The van der Waals surface area contributed by atoms with Crippen molar-refractivity contribution in [2.24, 2.45) is 5.41 Å². The Balaban J connectivity index is 0. The molecule has 5 nitrogen and oxygen atoms in total. The summed E-state index contributed by atoms with van der Waals surface area (Å²) in [6.07, 6.45) is 5.46. The Bertz CT molecular complexity index is 273. The number of carbonyl (C=O) groups excluding carboxylic acids is 2. The Morgan fingerprint density at radius 1 is 0.947 bits per heavy atom. The number of rotatable bonds is 8. The van der Waals surface area contributed by atoms with Crippen molar-refractivity contribution in [1.29, 1.82) is 0 Å². The van der Waals surface area contributed by atoms with Crippen molar-refractivity contribution in [3.63, 3.8) is 0 Å². The van der Waals surface area contributed by atoms with Crippen LogP contribution in [-0.4, -0.2) is 18.9 Å². The Morgan fingerprint density at radius 3 is 1.37 bits per heavy atom. The van der Waals surface area contributed by atoms with E-state index in [1.807, 2.05) is 0 Å². The van der Waals surface area contributed by atoms with Gasteiger partial charge in [0.2, 0.25) is 0 Å². The summed E-state index contributed by atoms with van der Waals surface area (Å²) >= 11 is -3.58. The van der Waals surface area contributed by atoms with E-state index in [-0.39, 0.29) is 11.6 Å². The third-order valence-corrected chi connectivity index (χ3v) is 3.26. The Morgan fingerprint density at radius 2 is 1.21 bits per heavy atom. The van der Waals surface area contributed by atoms with Gasteiger partial charge in [-0.1, -0.05) is 39.5 Å². The molecule has 2 N–H and O–H groups in total. The maximum absolute atomic E-state index is 11.7. The van der Waals surface area contributed by atoms with Crippen molar-refractivity contribution in [2.75, 3.05) is 0 Å². The molecule has 6 heteroatoms. The van der Waals surface area contributed by atoms with Crippen LogP contribution in [-0.2, 0) is 31.5 Å². The average molecular weight is 310 g/mol. The van der Waals surface area contributed by atoms with E-state index in [1.54, 1.807) is 13.8 Å². The summed E-state index contributed by atoms with van der Waals surface area (Å²) in [6.45, 7) is 7.30. The van der Waals surface area contributed by atoms with Crippen LogP contribution in [0, 0.1) is 5.41 Å². The molecule has 112 valence electrons. The summed E-state index contributed by atoms with van der Waals surface area (Å²) in [6, 6.07) is 0. The summed E-state index contributed by atoms with van der Waals surface area (Å²) in [4.78, 5) is 23.4. The molecule has 0 rings (SSSR count). The van der Waals surface area contributed by atoms with E-state index in [4.69, 9.17) is 10.7 Å². The second-order valence-corrected chi connectivity index (χ2v) is 5.57. The standard InChI is InChI=1S/C13H24O2.2H2O.O.Ti/c1-5-7-9-13(11(3)14,12(4)15)10-8-6-2;;;;/h5-10H2,1-4H3;2*1H2;;/q;;;;+2/p-2. The van der Waals surface area contributed by atoms with Crippen LogP contribution in [0.15, 0.2) is 0 Å². The van der Waals surface area contributed by atoms with Gasteiger partial charge >= 0.3 is 29.3 Å². The molecule has 0 aliphatic rings. The minimum atomic E-state index is -3.58. The molecule has 0 amide bonds. The van der Waals surface area contributed by atoms with Crippen LogP contribution in [0.3, 0.4) is 0 Å². The van der Waals surface area contributed by atoms with E-state index in [1.165, 1.54) is 0 Å². The van der Waals surface area contributed by atoms with Gasteiger partial charge in [0.1, 0.15) is 11.6 Å². The minimum absolute atomic E-state index is 0.0527. The molecule has 19 heavy (non-hydrogen) atoms. The second-order valence-electron chi connectivity index (χ2n) is 4.68. The molecule has 0 spiro atoms. The quantitative estimate of drug-likeness (QED) is 0.530. The summed E-state index contributed by atoms with van der Waals surface area (Å²) in [5.74, 6) is 0.105. The zero-order valence-electron chi connectivity index (χ0n) is 12.4. The molecule has 0 radical (unpaired) electrons. The average Bonchev–Trinajstić information content (AvgIpc) is 2.28. The van der Waals surface area contributed by atoms with Crippen LogP contribution < -0.4 is 0 Å². The van der Waals surface area contributed by atoms with Crippen LogP contribution in [0.4, 0.5) is 0 Å². The Labute approximate surface area is 122 Å². The van der Waals surface area contributed by atoms with Crippen LogP contribution in [0.5, 0.6) is 0 Å². The number of carbonyl (C=O) groups is 2. The summed E-state index contributed by atoms with van der Waals surface area (Å²) < 4.78 is 23.2. The number of ketones is 2. The van der Waals surface area contributed by atoms with E-state index >= 15 is 0 Å². The summed E-state index contributed by atoms with van der Waals surface area (Å²) in [5.41, 5.74) is -0.675. The predicted molar refractivity (Wildman–Crippen MR) is 68.0 cm³/mol. The fourth-order valence-corrected chi connectivity index (χ4v) is 2.03. The number of Topliss-reactive ketones (excluding diaryl/α,β-unsaturated/α-hetero) is 2. The number of unbranched alkanes of at least 4 members (excludes halogenated alkanes) is 2. The summed E-state index contributed by atoms with van der Waals surface area (Å²) in [7, 11) is 0. The molecule has 0 fully saturated rings. The molecule has 0 aliphatic carbocycles. The molecule has 0 unspecified atom stereocenters. The van der Waals surface area contributed by atoms with Gasteiger partial charge in [0.25, 0.3) is 0 Å². The first kappa shape index (κ1) is 21.1. The first-order valence-electron chi connectivity index (χ1n) is 6.68. The van der Waals surface area contributed by atoms with E-state index in [0.717, 1.165) is 38.5 Å². The number of hydrogen-bond acceptors (Lipinski definition) is 3. The molecule has 0 aliphatic heterocycles. The molecular formula is C13H26O5Ti. The Kier molecular flexibility index (Phi) is 12.9. The third-order valence-electron chi connectivity index (χ3n) is 3.26. The topological polar surface area (TPSA) is 91.7 Å². The molecule has 0 bridgehead atoms. The van der Waals surface area contributed by atoms with Gasteiger partial charge in [-0.25, -0.2) is 0 Å². The predicted octanol–water partition coefficient (Wildman–Crippen LogP) is 2.30. The van der Waals surface area contributed by atoms with Gasteiger partial charge in [0.15, 0.2) is 0 Å². The zero-order valence-corrected chi connectivity index (χ0v) is 13.9. The van der Waals surface area contributed by atoms with Crippen molar-refractivity contribution in [3.8, 4) is 0 Å². The zero-order chi connectivity index (χ0) is 15.5. The monoisotopic (exact) mass is 310 g/mol. The van der Waals surface area contributed by atoms with Gasteiger partial charge in [-0.3, -0.25) is 9.59 Å².